The molecule has 0 bridgehead atoms. The average molecular weight is 338 g/mol. The largest absolute Gasteiger partial charge is 0.478 e. The molecule has 0 aliphatic heterocycles. The second-order valence-corrected chi connectivity index (χ2v) is 6.43. The van der Waals surface area contributed by atoms with Crippen LogP contribution in [0.2, 0.25) is 0 Å². The summed E-state index contributed by atoms with van der Waals surface area (Å²) in [6.45, 7) is 2.24. The van der Waals surface area contributed by atoms with E-state index in [1.807, 2.05) is 0 Å². The zero-order chi connectivity index (χ0) is 18.0. The van der Waals surface area contributed by atoms with Crippen LogP contribution < -0.4 is 0 Å². The Balaban J connectivity index is 3.38. The van der Waals surface area contributed by atoms with Gasteiger partial charge in [-0.1, -0.05) is 83.6 Å². The maximum atomic E-state index is 11.6. The maximum Gasteiger partial charge on any atom is 0.327 e. The van der Waals surface area contributed by atoms with E-state index in [1.165, 1.54) is 63.9 Å². The molecule has 0 rings (SSSR count). The summed E-state index contributed by atoms with van der Waals surface area (Å²) in [5.74, 6) is -1.97. The SMILES string of the molecule is CCCCCCCCCCCCCCC(=O)C(=O)CC=CC(=O)O. The van der Waals surface area contributed by atoms with E-state index in [0.29, 0.717) is 0 Å². The summed E-state index contributed by atoms with van der Waals surface area (Å²) in [5, 5.41) is 8.41. The molecule has 0 heterocycles. The lowest BCUT2D eigenvalue weighted by atomic mass is 10.0. The molecule has 0 aromatic carbocycles. The lowest BCUT2D eigenvalue weighted by Gasteiger charge is -2.02. The molecule has 4 nitrogen and oxygen atoms in total. The predicted molar refractivity (Wildman–Crippen MR) is 97.1 cm³/mol. The Kier molecular flexibility index (Phi) is 15.4. The third-order valence-corrected chi connectivity index (χ3v) is 4.13. The fourth-order valence-corrected chi connectivity index (χ4v) is 2.65. The fraction of sp³-hybridized carbons (Fsp3) is 0.750. The topological polar surface area (TPSA) is 71.4 Å². The van der Waals surface area contributed by atoms with Crippen LogP contribution in [0.5, 0.6) is 0 Å². The number of carbonyl (C=O) groups excluding carboxylic acids is 2. The highest BCUT2D eigenvalue weighted by molar-refractivity contribution is 6.37. The van der Waals surface area contributed by atoms with Gasteiger partial charge in [-0.25, -0.2) is 4.79 Å². The van der Waals surface area contributed by atoms with Crippen molar-refractivity contribution in [3.8, 4) is 0 Å². The van der Waals surface area contributed by atoms with Gasteiger partial charge in [0.05, 0.1) is 0 Å². The van der Waals surface area contributed by atoms with Gasteiger partial charge in [0, 0.05) is 18.9 Å². The van der Waals surface area contributed by atoms with Crippen LogP contribution in [0.1, 0.15) is 96.8 Å². The Morgan fingerprint density at radius 1 is 0.708 bits per heavy atom. The molecule has 4 heteroatoms. The van der Waals surface area contributed by atoms with Crippen molar-refractivity contribution in [3.05, 3.63) is 12.2 Å². The Morgan fingerprint density at radius 3 is 1.62 bits per heavy atom. The summed E-state index contributed by atoms with van der Waals surface area (Å²) < 4.78 is 0. The highest BCUT2D eigenvalue weighted by atomic mass is 16.4. The number of carboxylic acids is 1. The van der Waals surface area contributed by atoms with Crippen molar-refractivity contribution in [2.75, 3.05) is 0 Å². The van der Waals surface area contributed by atoms with Gasteiger partial charge in [-0.3, -0.25) is 9.59 Å². The highest BCUT2D eigenvalue weighted by Gasteiger charge is 2.11. The van der Waals surface area contributed by atoms with Crippen LogP contribution in [0, 0.1) is 0 Å². The fourth-order valence-electron chi connectivity index (χ4n) is 2.65. The van der Waals surface area contributed by atoms with Gasteiger partial charge in [-0.2, -0.15) is 0 Å². The number of carbonyl (C=O) groups is 3. The van der Waals surface area contributed by atoms with Crippen LogP contribution in [0.4, 0.5) is 0 Å². The number of hydrogen-bond donors (Lipinski definition) is 1. The lowest BCUT2D eigenvalue weighted by molar-refractivity contribution is -0.136. The van der Waals surface area contributed by atoms with E-state index in [0.717, 1.165) is 25.3 Å². The van der Waals surface area contributed by atoms with Crippen molar-refractivity contribution in [1.29, 1.82) is 0 Å². The van der Waals surface area contributed by atoms with E-state index in [1.54, 1.807) is 0 Å². The molecule has 0 aromatic heterocycles. The van der Waals surface area contributed by atoms with E-state index in [9.17, 15) is 14.4 Å². The number of rotatable bonds is 17. The molecular weight excluding hydrogens is 304 g/mol. The predicted octanol–water partition coefficient (Wildman–Crippen LogP) is 5.25. The Labute approximate surface area is 146 Å². The van der Waals surface area contributed by atoms with E-state index in [-0.39, 0.29) is 18.6 Å². The number of allylic oxidation sites excluding steroid dienone is 1. The second-order valence-electron chi connectivity index (χ2n) is 6.43. The summed E-state index contributed by atoms with van der Waals surface area (Å²) in [4.78, 5) is 33.3. The van der Waals surface area contributed by atoms with Crippen molar-refractivity contribution in [1.82, 2.24) is 0 Å². The van der Waals surface area contributed by atoms with E-state index in [2.05, 4.69) is 6.92 Å². The minimum Gasteiger partial charge on any atom is -0.478 e. The van der Waals surface area contributed by atoms with Crippen LogP contribution >= 0.6 is 0 Å². The molecule has 0 atom stereocenters. The summed E-state index contributed by atoms with van der Waals surface area (Å²) in [6, 6.07) is 0. The number of Topliss-reactive ketones (excluding diaryl/α,β-unsaturated/α-hetero) is 2. The van der Waals surface area contributed by atoms with Gasteiger partial charge in [-0.15, -0.1) is 0 Å². The first-order valence-electron chi connectivity index (χ1n) is 9.53. The van der Waals surface area contributed by atoms with Crippen molar-refractivity contribution in [2.24, 2.45) is 0 Å². The quantitative estimate of drug-likeness (QED) is 0.223. The number of hydrogen-bond acceptors (Lipinski definition) is 3. The molecule has 0 unspecified atom stereocenters. The van der Waals surface area contributed by atoms with E-state index < -0.39 is 11.8 Å². The lowest BCUT2D eigenvalue weighted by Crippen LogP contribution is -2.12. The molecule has 0 saturated heterocycles. The number of unbranched alkanes of at least 4 members (excludes halogenated alkanes) is 11. The standard InChI is InChI=1S/C20H34O4/c1-2-3-4-5-6-7-8-9-10-11-12-13-15-18(21)19(22)16-14-17-20(23)24/h14,17H,2-13,15-16H2,1H3,(H,23,24). The van der Waals surface area contributed by atoms with Gasteiger partial charge in [-0.05, 0) is 6.42 Å². The minimum atomic E-state index is -1.10. The minimum absolute atomic E-state index is 0.108. The molecule has 0 saturated carbocycles. The summed E-state index contributed by atoms with van der Waals surface area (Å²) in [5.41, 5.74) is 0. The number of aliphatic carboxylic acids is 1. The molecule has 0 amide bonds. The first-order valence-corrected chi connectivity index (χ1v) is 9.53. The third kappa shape index (κ3) is 15.4. The molecule has 0 fully saturated rings. The summed E-state index contributed by atoms with van der Waals surface area (Å²) >= 11 is 0. The Bertz CT molecular complexity index is 385. The maximum absolute atomic E-state index is 11.6. The smallest absolute Gasteiger partial charge is 0.327 e. The van der Waals surface area contributed by atoms with Crippen LogP contribution in [-0.2, 0) is 14.4 Å². The molecular formula is C20H34O4. The summed E-state index contributed by atoms with van der Waals surface area (Å²) in [6.07, 6.45) is 17.0. The van der Waals surface area contributed by atoms with E-state index in [4.69, 9.17) is 5.11 Å². The average Bonchev–Trinajstić information content (AvgIpc) is 2.55. The Hall–Kier alpha value is -1.45. The monoisotopic (exact) mass is 338 g/mol. The molecule has 138 valence electrons. The summed E-state index contributed by atoms with van der Waals surface area (Å²) in [7, 11) is 0. The van der Waals surface area contributed by atoms with Crippen molar-refractivity contribution >= 4 is 17.5 Å². The van der Waals surface area contributed by atoms with Crippen molar-refractivity contribution in [3.63, 3.8) is 0 Å². The number of carboxylic acid groups (broad SMARTS) is 1. The van der Waals surface area contributed by atoms with Crippen LogP contribution in [-0.4, -0.2) is 22.6 Å². The molecule has 1 N–H and O–H groups in total. The van der Waals surface area contributed by atoms with E-state index >= 15 is 0 Å². The first-order chi connectivity index (χ1) is 11.6. The molecule has 0 aliphatic carbocycles. The number of ketones is 2. The van der Waals surface area contributed by atoms with Crippen LogP contribution in [0.15, 0.2) is 12.2 Å². The van der Waals surface area contributed by atoms with Crippen molar-refractivity contribution in [2.45, 2.75) is 96.8 Å². The van der Waals surface area contributed by atoms with Crippen LogP contribution in [0.3, 0.4) is 0 Å². The molecule has 0 spiro atoms. The Morgan fingerprint density at radius 2 is 1.17 bits per heavy atom. The second kappa shape index (κ2) is 16.4. The normalized spacial score (nSPS) is 11.0. The van der Waals surface area contributed by atoms with Gasteiger partial charge in [0.15, 0.2) is 5.78 Å². The zero-order valence-electron chi connectivity index (χ0n) is 15.2. The van der Waals surface area contributed by atoms with Gasteiger partial charge in [0.2, 0.25) is 5.78 Å². The molecule has 0 aliphatic rings. The van der Waals surface area contributed by atoms with Gasteiger partial charge >= 0.3 is 5.97 Å². The highest BCUT2D eigenvalue weighted by Crippen LogP contribution is 2.12. The molecule has 0 aromatic rings. The van der Waals surface area contributed by atoms with Gasteiger partial charge < -0.3 is 5.11 Å². The molecule has 24 heavy (non-hydrogen) atoms. The van der Waals surface area contributed by atoms with Gasteiger partial charge in [0.1, 0.15) is 0 Å². The first kappa shape index (κ1) is 22.6. The van der Waals surface area contributed by atoms with Crippen molar-refractivity contribution < 1.29 is 19.5 Å². The van der Waals surface area contributed by atoms with Crippen LogP contribution in [0.25, 0.3) is 0 Å². The zero-order valence-corrected chi connectivity index (χ0v) is 15.2. The third-order valence-electron chi connectivity index (χ3n) is 4.13. The molecule has 0 radical (unpaired) electrons. The van der Waals surface area contributed by atoms with Gasteiger partial charge in [0.25, 0.3) is 0 Å².